The lowest BCUT2D eigenvalue weighted by atomic mass is 10.1. The number of hydrogen-bond donors (Lipinski definition) is 1. The number of rotatable bonds is 5. The molecule has 1 N–H and O–H groups in total. The van der Waals surface area contributed by atoms with Gasteiger partial charge in [-0.15, -0.1) is 0 Å². The van der Waals surface area contributed by atoms with Crippen LogP contribution in [-0.4, -0.2) is 56.1 Å². The van der Waals surface area contributed by atoms with Crippen LogP contribution in [0.1, 0.15) is 17.5 Å². The summed E-state index contributed by atoms with van der Waals surface area (Å²) < 4.78 is 0. The minimum Gasteiger partial charge on any atom is -0.311 e. The highest BCUT2D eigenvalue weighted by molar-refractivity contribution is 5.21. The van der Waals surface area contributed by atoms with E-state index in [1.807, 2.05) is 0 Å². The highest BCUT2D eigenvalue weighted by Crippen LogP contribution is 2.08. The van der Waals surface area contributed by atoms with Crippen LogP contribution in [0, 0.1) is 6.92 Å². The average molecular weight is 261 g/mol. The van der Waals surface area contributed by atoms with Gasteiger partial charge in [-0.25, -0.2) is 0 Å². The van der Waals surface area contributed by atoms with Crippen molar-refractivity contribution in [1.29, 1.82) is 0 Å². The standard InChI is InChI=1S/C16H27N3/c1-14-5-4-6-15(11-14)12-18(2)9-7-16-13-19(3)10-8-17-16/h4-6,11,16-17H,7-10,12-13H2,1-3H3. The predicted molar refractivity (Wildman–Crippen MR) is 81.4 cm³/mol. The van der Waals surface area contributed by atoms with Gasteiger partial charge in [0, 0.05) is 32.2 Å². The second kappa shape index (κ2) is 7.04. The molecule has 1 aromatic carbocycles. The molecule has 0 aromatic heterocycles. The van der Waals surface area contributed by atoms with Gasteiger partial charge in [-0.3, -0.25) is 0 Å². The van der Waals surface area contributed by atoms with E-state index in [1.165, 1.54) is 30.6 Å². The van der Waals surface area contributed by atoms with Gasteiger partial charge in [-0.2, -0.15) is 0 Å². The molecule has 3 nitrogen and oxygen atoms in total. The molecule has 1 aromatic rings. The van der Waals surface area contributed by atoms with Gasteiger partial charge in [0.2, 0.25) is 0 Å². The summed E-state index contributed by atoms with van der Waals surface area (Å²) in [7, 11) is 4.43. The van der Waals surface area contributed by atoms with Crippen LogP contribution >= 0.6 is 0 Å². The average Bonchev–Trinajstić information content (AvgIpc) is 2.36. The molecule has 0 bridgehead atoms. The molecular formula is C16H27N3. The summed E-state index contributed by atoms with van der Waals surface area (Å²) in [6, 6.07) is 9.46. The molecule has 1 aliphatic heterocycles. The second-order valence-electron chi connectivity index (χ2n) is 5.93. The second-order valence-corrected chi connectivity index (χ2v) is 5.93. The van der Waals surface area contributed by atoms with Crippen LogP contribution in [0.2, 0.25) is 0 Å². The van der Waals surface area contributed by atoms with Crippen LogP contribution in [0.5, 0.6) is 0 Å². The Labute approximate surface area is 117 Å². The Hall–Kier alpha value is -0.900. The van der Waals surface area contributed by atoms with Crippen LogP contribution < -0.4 is 5.32 Å². The van der Waals surface area contributed by atoms with Gasteiger partial charge in [-0.05, 0) is 39.5 Å². The van der Waals surface area contributed by atoms with E-state index in [0.717, 1.165) is 19.6 Å². The zero-order valence-electron chi connectivity index (χ0n) is 12.5. The normalized spacial score (nSPS) is 20.9. The summed E-state index contributed by atoms with van der Waals surface area (Å²) in [5, 5.41) is 3.61. The monoisotopic (exact) mass is 261 g/mol. The zero-order chi connectivity index (χ0) is 13.7. The van der Waals surface area contributed by atoms with Crippen LogP contribution in [0.25, 0.3) is 0 Å². The first-order valence-electron chi connectivity index (χ1n) is 7.29. The Bertz CT molecular complexity index is 391. The van der Waals surface area contributed by atoms with Gasteiger partial charge in [0.25, 0.3) is 0 Å². The Kier molecular flexibility index (Phi) is 5.37. The van der Waals surface area contributed by atoms with Crippen molar-refractivity contribution in [2.75, 3.05) is 40.3 Å². The van der Waals surface area contributed by atoms with Crippen molar-refractivity contribution in [3.63, 3.8) is 0 Å². The molecule has 0 spiro atoms. The highest BCUT2D eigenvalue weighted by atomic mass is 15.2. The van der Waals surface area contributed by atoms with Crippen molar-refractivity contribution >= 4 is 0 Å². The van der Waals surface area contributed by atoms with Crippen molar-refractivity contribution in [2.45, 2.75) is 25.9 Å². The Morgan fingerprint density at radius 2 is 2.26 bits per heavy atom. The summed E-state index contributed by atoms with van der Waals surface area (Å²) in [6.07, 6.45) is 1.23. The van der Waals surface area contributed by atoms with E-state index in [4.69, 9.17) is 0 Å². The molecule has 1 unspecified atom stereocenters. The molecule has 19 heavy (non-hydrogen) atoms. The number of nitrogens with one attached hydrogen (secondary N) is 1. The summed E-state index contributed by atoms with van der Waals surface area (Å²) in [5.74, 6) is 0. The molecule has 1 fully saturated rings. The van der Waals surface area contributed by atoms with Crippen LogP contribution in [0.4, 0.5) is 0 Å². The summed E-state index contributed by atoms with van der Waals surface area (Å²) in [6.45, 7) is 7.84. The zero-order valence-corrected chi connectivity index (χ0v) is 12.5. The van der Waals surface area contributed by atoms with Gasteiger partial charge in [0.1, 0.15) is 0 Å². The third-order valence-corrected chi connectivity index (χ3v) is 3.85. The number of nitrogens with zero attached hydrogens (tertiary/aromatic N) is 2. The molecule has 1 heterocycles. The minimum atomic E-state index is 0.652. The minimum absolute atomic E-state index is 0.652. The first-order valence-corrected chi connectivity index (χ1v) is 7.29. The summed E-state index contributed by atoms with van der Waals surface area (Å²) in [4.78, 5) is 4.84. The van der Waals surface area contributed by atoms with E-state index in [9.17, 15) is 0 Å². The largest absolute Gasteiger partial charge is 0.311 e. The van der Waals surface area contributed by atoms with Crippen molar-refractivity contribution in [3.8, 4) is 0 Å². The van der Waals surface area contributed by atoms with Crippen molar-refractivity contribution in [3.05, 3.63) is 35.4 Å². The lowest BCUT2D eigenvalue weighted by Gasteiger charge is -2.32. The molecular weight excluding hydrogens is 234 g/mol. The van der Waals surface area contributed by atoms with Crippen LogP contribution in [0.15, 0.2) is 24.3 Å². The lowest BCUT2D eigenvalue weighted by Crippen LogP contribution is -2.49. The third kappa shape index (κ3) is 4.94. The van der Waals surface area contributed by atoms with Crippen molar-refractivity contribution < 1.29 is 0 Å². The van der Waals surface area contributed by atoms with E-state index < -0.39 is 0 Å². The maximum Gasteiger partial charge on any atom is 0.0230 e. The number of piperazine rings is 1. The fourth-order valence-electron chi connectivity index (χ4n) is 2.76. The topological polar surface area (TPSA) is 18.5 Å². The number of likely N-dealkylation sites (N-methyl/N-ethyl adjacent to an activating group) is 1. The van der Waals surface area contributed by atoms with Crippen molar-refractivity contribution in [2.24, 2.45) is 0 Å². The van der Waals surface area contributed by atoms with Gasteiger partial charge in [-0.1, -0.05) is 29.8 Å². The number of aryl methyl sites for hydroxylation is 1. The molecule has 1 atom stereocenters. The maximum absolute atomic E-state index is 3.61. The lowest BCUT2D eigenvalue weighted by molar-refractivity contribution is 0.212. The van der Waals surface area contributed by atoms with Gasteiger partial charge in [0.05, 0.1) is 0 Å². The third-order valence-electron chi connectivity index (χ3n) is 3.85. The molecule has 0 radical (unpaired) electrons. The molecule has 1 saturated heterocycles. The van der Waals surface area contributed by atoms with E-state index >= 15 is 0 Å². The fourth-order valence-corrected chi connectivity index (χ4v) is 2.76. The Morgan fingerprint density at radius 3 is 3.00 bits per heavy atom. The first kappa shape index (κ1) is 14.5. The van der Waals surface area contributed by atoms with Crippen LogP contribution in [-0.2, 0) is 6.54 Å². The maximum atomic E-state index is 3.61. The Balaban J connectivity index is 1.73. The summed E-state index contributed by atoms with van der Waals surface area (Å²) in [5.41, 5.74) is 2.76. The quantitative estimate of drug-likeness (QED) is 0.871. The van der Waals surface area contributed by atoms with E-state index in [-0.39, 0.29) is 0 Å². The molecule has 2 rings (SSSR count). The van der Waals surface area contributed by atoms with E-state index in [0.29, 0.717) is 6.04 Å². The van der Waals surface area contributed by atoms with E-state index in [1.54, 1.807) is 0 Å². The predicted octanol–water partition coefficient (Wildman–Crippen LogP) is 1.72. The molecule has 0 aliphatic carbocycles. The van der Waals surface area contributed by atoms with Crippen LogP contribution in [0.3, 0.4) is 0 Å². The Morgan fingerprint density at radius 1 is 1.42 bits per heavy atom. The molecule has 0 amide bonds. The smallest absolute Gasteiger partial charge is 0.0230 e. The summed E-state index contributed by atoms with van der Waals surface area (Å²) >= 11 is 0. The SMILES string of the molecule is Cc1cccc(CN(C)CCC2CN(C)CCN2)c1. The van der Waals surface area contributed by atoms with Crippen molar-refractivity contribution in [1.82, 2.24) is 15.1 Å². The highest BCUT2D eigenvalue weighted by Gasteiger charge is 2.16. The van der Waals surface area contributed by atoms with Gasteiger partial charge < -0.3 is 15.1 Å². The molecule has 3 heteroatoms. The molecule has 0 saturated carbocycles. The first-order chi connectivity index (χ1) is 9.13. The molecule has 1 aliphatic rings. The van der Waals surface area contributed by atoms with Gasteiger partial charge in [0.15, 0.2) is 0 Å². The van der Waals surface area contributed by atoms with E-state index in [2.05, 4.69) is 60.4 Å². The number of benzene rings is 1. The molecule has 106 valence electrons. The number of hydrogen-bond acceptors (Lipinski definition) is 3. The fraction of sp³-hybridized carbons (Fsp3) is 0.625. The van der Waals surface area contributed by atoms with Gasteiger partial charge >= 0.3 is 0 Å².